The molecule has 0 bridgehead atoms. The zero-order valence-corrected chi connectivity index (χ0v) is 11.8. The van der Waals surface area contributed by atoms with E-state index < -0.39 is 5.82 Å². The highest BCUT2D eigenvalue weighted by Crippen LogP contribution is 2.23. The number of hydrogen-bond acceptors (Lipinski definition) is 1. The van der Waals surface area contributed by atoms with Crippen LogP contribution in [0.2, 0.25) is 5.02 Å². The Labute approximate surface area is 117 Å². The third kappa shape index (κ3) is 2.69. The van der Waals surface area contributed by atoms with Crippen molar-refractivity contribution < 1.29 is 9.18 Å². The Morgan fingerprint density at radius 1 is 1.05 bits per heavy atom. The number of hydrogen-bond donors (Lipinski definition) is 0. The molecule has 0 radical (unpaired) electrons. The molecule has 2 aromatic rings. The minimum Gasteiger partial charge on any atom is -0.289 e. The minimum atomic E-state index is -0.518. The van der Waals surface area contributed by atoms with Crippen molar-refractivity contribution in [1.82, 2.24) is 0 Å². The topological polar surface area (TPSA) is 17.1 Å². The fraction of sp³-hybridized carbons (Fsp3) is 0.188. The van der Waals surface area contributed by atoms with Gasteiger partial charge in [0.1, 0.15) is 5.82 Å². The van der Waals surface area contributed by atoms with Crippen LogP contribution in [0, 0.1) is 26.6 Å². The van der Waals surface area contributed by atoms with Crippen LogP contribution in [0.15, 0.2) is 30.3 Å². The Morgan fingerprint density at radius 2 is 1.63 bits per heavy atom. The van der Waals surface area contributed by atoms with Gasteiger partial charge in [-0.05, 0) is 50.1 Å². The first-order valence-corrected chi connectivity index (χ1v) is 6.35. The van der Waals surface area contributed by atoms with E-state index in [1.165, 1.54) is 18.2 Å². The van der Waals surface area contributed by atoms with Gasteiger partial charge in [0.15, 0.2) is 5.78 Å². The van der Waals surface area contributed by atoms with Crippen molar-refractivity contribution in [3.05, 3.63) is 69.0 Å². The van der Waals surface area contributed by atoms with Gasteiger partial charge in [0.05, 0.1) is 5.02 Å². The van der Waals surface area contributed by atoms with Crippen molar-refractivity contribution in [3.8, 4) is 0 Å². The molecule has 0 saturated carbocycles. The number of rotatable bonds is 2. The van der Waals surface area contributed by atoms with E-state index >= 15 is 0 Å². The molecule has 2 aromatic carbocycles. The third-order valence-electron chi connectivity index (χ3n) is 3.09. The van der Waals surface area contributed by atoms with Crippen LogP contribution >= 0.6 is 11.6 Å². The predicted molar refractivity (Wildman–Crippen MR) is 75.5 cm³/mol. The highest BCUT2D eigenvalue weighted by molar-refractivity contribution is 6.31. The van der Waals surface area contributed by atoms with Gasteiger partial charge in [-0.2, -0.15) is 0 Å². The summed E-state index contributed by atoms with van der Waals surface area (Å²) in [5.41, 5.74) is 4.02. The van der Waals surface area contributed by atoms with Crippen LogP contribution in [0.1, 0.15) is 32.6 Å². The molecule has 2 rings (SSSR count). The fourth-order valence-corrected chi connectivity index (χ4v) is 2.50. The second-order valence-corrected chi connectivity index (χ2v) is 5.14. The van der Waals surface area contributed by atoms with Gasteiger partial charge in [0, 0.05) is 11.1 Å². The quantitative estimate of drug-likeness (QED) is 0.731. The minimum absolute atomic E-state index is 0.0340. The molecule has 0 aliphatic carbocycles. The maximum atomic E-state index is 13.1. The van der Waals surface area contributed by atoms with E-state index in [9.17, 15) is 9.18 Å². The van der Waals surface area contributed by atoms with Crippen molar-refractivity contribution in [2.75, 3.05) is 0 Å². The van der Waals surface area contributed by atoms with E-state index in [1.807, 2.05) is 32.9 Å². The van der Waals surface area contributed by atoms with E-state index in [4.69, 9.17) is 11.6 Å². The summed E-state index contributed by atoms with van der Waals surface area (Å²) in [6, 6.07) is 7.98. The summed E-state index contributed by atoms with van der Waals surface area (Å²) in [4.78, 5) is 12.5. The van der Waals surface area contributed by atoms with Crippen molar-refractivity contribution in [1.29, 1.82) is 0 Å². The van der Waals surface area contributed by atoms with E-state index in [0.29, 0.717) is 11.1 Å². The molecule has 0 saturated heterocycles. The Kier molecular flexibility index (Phi) is 3.72. The van der Waals surface area contributed by atoms with Gasteiger partial charge in [-0.15, -0.1) is 0 Å². The Balaban J connectivity index is 2.53. The molecule has 0 atom stereocenters. The molecule has 0 aromatic heterocycles. The van der Waals surface area contributed by atoms with Crippen LogP contribution in [-0.2, 0) is 0 Å². The van der Waals surface area contributed by atoms with Crippen LogP contribution in [0.4, 0.5) is 4.39 Å². The summed E-state index contributed by atoms with van der Waals surface area (Å²) < 4.78 is 13.1. The zero-order chi connectivity index (χ0) is 14.2. The van der Waals surface area contributed by atoms with E-state index in [1.54, 1.807) is 0 Å². The lowest BCUT2D eigenvalue weighted by Gasteiger charge is -2.10. The molecule has 0 fully saturated rings. The summed E-state index contributed by atoms with van der Waals surface area (Å²) in [5.74, 6) is -0.646. The summed E-state index contributed by atoms with van der Waals surface area (Å²) >= 11 is 5.72. The van der Waals surface area contributed by atoms with Crippen LogP contribution in [0.3, 0.4) is 0 Å². The zero-order valence-electron chi connectivity index (χ0n) is 11.1. The van der Waals surface area contributed by atoms with Gasteiger partial charge >= 0.3 is 0 Å². The van der Waals surface area contributed by atoms with Gasteiger partial charge in [-0.1, -0.05) is 29.3 Å². The molecule has 3 heteroatoms. The van der Waals surface area contributed by atoms with Crippen molar-refractivity contribution in [2.24, 2.45) is 0 Å². The lowest BCUT2D eigenvalue weighted by molar-refractivity contribution is 0.103. The second kappa shape index (κ2) is 5.14. The molecule has 1 nitrogen and oxygen atoms in total. The van der Waals surface area contributed by atoms with Gasteiger partial charge in [-0.3, -0.25) is 4.79 Å². The van der Waals surface area contributed by atoms with Gasteiger partial charge in [0.25, 0.3) is 0 Å². The number of carbonyl (C=O) groups excluding carboxylic acids is 1. The van der Waals surface area contributed by atoms with Gasteiger partial charge in [0.2, 0.25) is 0 Å². The molecule has 0 heterocycles. The van der Waals surface area contributed by atoms with E-state index in [2.05, 4.69) is 0 Å². The van der Waals surface area contributed by atoms with Crippen molar-refractivity contribution >= 4 is 17.4 Å². The van der Waals surface area contributed by atoms with E-state index in [-0.39, 0.29) is 10.8 Å². The molecule has 0 aliphatic rings. The van der Waals surface area contributed by atoms with Crippen molar-refractivity contribution in [2.45, 2.75) is 20.8 Å². The molecular weight excluding hydrogens is 263 g/mol. The molecule has 0 unspecified atom stereocenters. The number of halogens is 2. The first kappa shape index (κ1) is 13.8. The van der Waals surface area contributed by atoms with E-state index in [0.717, 1.165) is 16.7 Å². The maximum absolute atomic E-state index is 13.1. The molecule has 0 spiro atoms. The lowest BCUT2D eigenvalue weighted by Crippen LogP contribution is -2.07. The Morgan fingerprint density at radius 3 is 2.16 bits per heavy atom. The van der Waals surface area contributed by atoms with Gasteiger partial charge in [-0.25, -0.2) is 4.39 Å². The SMILES string of the molecule is Cc1cc(C)c(C(=O)c2ccc(F)c(Cl)c2)c(C)c1. The average Bonchev–Trinajstić information content (AvgIpc) is 2.31. The summed E-state index contributed by atoms with van der Waals surface area (Å²) in [6.45, 7) is 5.79. The number of benzene rings is 2. The Bertz CT molecular complexity index is 639. The van der Waals surface area contributed by atoms with Crippen molar-refractivity contribution in [3.63, 3.8) is 0 Å². The molecule has 98 valence electrons. The van der Waals surface area contributed by atoms with Crippen LogP contribution in [0.5, 0.6) is 0 Å². The number of ketones is 1. The van der Waals surface area contributed by atoms with Crippen LogP contribution in [-0.4, -0.2) is 5.78 Å². The highest BCUT2D eigenvalue weighted by atomic mass is 35.5. The normalized spacial score (nSPS) is 10.6. The number of carbonyl (C=O) groups is 1. The standard InChI is InChI=1S/C16H14ClFO/c1-9-6-10(2)15(11(3)7-9)16(19)12-4-5-14(18)13(17)8-12/h4-8H,1-3H3. The largest absolute Gasteiger partial charge is 0.289 e. The first-order chi connectivity index (χ1) is 8.90. The smallest absolute Gasteiger partial charge is 0.193 e. The van der Waals surface area contributed by atoms with Gasteiger partial charge < -0.3 is 0 Å². The molecule has 0 amide bonds. The third-order valence-corrected chi connectivity index (χ3v) is 3.38. The molecule has 19 heavy (non-hydrogen) atoms. The number of aryl methyl sites for hydroxylation is 3. The summed E-state index contributed by atoms with van der Waals surface area (Å²) in [6.07, 6.45) is 0. The van der Waals surface area contributed by atoms with Crippen LogP contribution < -0.4 is 0 Å². The van der Waals surface area contributed by atoms with Crippen LogP contribution in [0.25, 0.3) is 0 Å². The molecular formula is C16H14ClFO. The average molecular weight is 277 g/mol. The lowest BCUT2D eigenvalue weighted by atomic mass is 9.93. The molecule has 0 aliphatic heterocycles. The summed E-state index contributed by atoms with van der Waals surface area (Å²) in [7, 11) is 0. The molecule has 0 N–H and O–H groups in total. The first-order valence-electron chi connectivity index (χ1n) is 5.97. The highest BCUT2D eigenvalue weighted by Gasteiger charge is 2.16. The monoisotopic (exact) mass is 276 g/mol. The maximum Gasteiger partial charge on any atom is 0.193 e. The second-order valence-electron chi connectivity index (χ2n) is 4.73. The Hall–Kier alpha value is -1.67. The fourth-order valence-electron chi connectivity index (χ4n) is 2.32. The summed E-state index contributed by atoms with van der Waals surface area (Å²) in [5, 5.41) is -0.0340. The predicted octanol–water partition coefficient (Wildman–Crippen LogP) is 4.64.